The molecule has 1 N–H and O–H groups in total. The number of ether oxygens (including phenoxy) is 1. The third-order valence-electron chi connectivity index (χ3n) is 4.04. The molecule has 0 unspecified atom stereocenters. The van der Waals surface area contributed by atoms with E-state index in [4.69, 9.17) is 9.15 Å². The number of fused-ring (bicyclic) bond motifs is 1. The van der Waals surface area contributed by atoms with Gasteiger partial charge in [0.05, 0.1) is 17.4 Å². The Bertz CT molecular complexity index is 1060. The first-order valence-corrected chi connectivity index (χ1v) is 8.11. The lowest BCUT2D eigenvalue weighted by Gasteiger charge is -2.06. The Morgan fingerprint density at radius 3 is 2.59 bits per heavy atom. The van der Waals surface area contributed by atoms with Crippen LogP contribution in [0.15, 0.2) is 57.7 Å². The van der Waals surface area contributed by atoms with E-state index in [0.717, 1.165) is 17.4 Å². The quantitative estimate of drug-likeness (QED) is 0.529. The zero-order valence-electron chi connectivity index (χ0n) is 14.4. The third-order valence-corrected chi connectivity index (χ3v) is 4.04. The Labute approximate surface area is 153 Å². The number of nitrogens with zero attached hydrogens (tertiary/aromatic N) is 1. The third kappa shape index (κ3) is 4.12. The lowest BCUT2D eigenvalue weighted by atomic mass is 10.1. The molecule has 0 aliphatic heterocycles. The summed E-state index contributed by atoms with van der Waals surface area (Å²) in [6.45, 7) is 0.354. The molecule has 1 amide bonds. The van der Waals surface area contributed by atoms with E-state index in [0.29, 0.717) is 18.4 Å². The largest absolute Gasteiger partial charge is 0.497 e. The van der Waals surface area contributed by atoms with Crippen molar-refractivity contribution in [1.29, 1.82) is 0 Å². The second-order valence-corrected chi connectivity index (χ2v) is 5.78. The second kappa shape index (κ2) is 7.69. The number of nitro benzene ring substituents is 1. The highest BCUT2D eigenvalue weighted by atomic mass is 16.6. The molecule has 0 atom stereocenters. The Kier molecular flexibility index (Phi) is 5.16. The number of carbonyl (C=O) groups excluding carboxylic acids is 1. The minimum atomic E-state index is -0.795. The van der Waals surface area contributed by atoms with E-state index in [1.165, 1.54) is 18.2 Å². The Balaban J connectivity index is 1.70. The molecular formula is C19H16N2O6. The number of carbonyl (C=O) groups is 1. The van der Waals surface area contributed by atoms with Crippen molar-refractivity contribution in [3.63, 3.8) is 0 Å². The number of rotatable bonds is 6. The molecule has 0 saturated heterocycles. The van der Waals surface area contributed by atoms with Crippen molar-refractivity contribution in [3.05, 3.63) is 80.4 Å². The fourth-order valence-corrected chi connectivity index (χ4v) is 2.60. The first-order chi connectivity index (χ1) is 13.0. The van der Waals surface area contributed by atoms with Gasteiger partial charge in [0, 0.05) is 18.7 Å². The highest BCUT2D eigenvalue weighted by molar-refractivity contribution is 5.95. The fraction of sp³-hybridized carbons (Fsp3) is 0.158. The lowest BCUT2D eigenvalue weighted by molar-refractivity contribution is -0.384. The molecule has 0 aliphatic rings. The number of methoxy groups -OCH3 is 1. The Morgan fingerprint density at radius 2 is 1.93 bits per heavy atom. The van der Waals surface area contributed by atoms with Gasteiger partial charge in [-0.1, -0.05) is 12.1 Å². The molecule has 2 aromatic carbocycles. The van der Waals surface area contributed by atoms with Gasteiger partial charge in [-0.25, -0.2) is 4.79 Å². The molecular weight excluding hydrogens is 352 g/mol. The van der Waals surface area contributed by atoms with Gasteiger partial charge in [0.1, 0.15) is 5.75 Å². The predicted octanol–water partition coefficient (Wildman–Crippen LogP) is 2.68. The van der Waals surface area contributed by atoms with Crippen LogP contribution in [0, 0.1) is 10.1 Å². The first kappa shape index (κ1) is 18.1. The number of amides is 1. The average molecular weight is 368 g/mol. The van der Waals surface area contributed by atoms with E-state index in [-0.39, 0.29) is 16.8 Å². The zero-order chi connectivity index (χ0) is 19.4. The van der Waals surface area contributed by atoms with E-state index < -0.39 is 16.5 Å². The first-order valence-electron chi connectivity index (χ1n) is 8.11. The van der Waals surface area contributed by atoms with Crippen LogP contribution in [-0.4, -0.2) is 24.5 Å². The van der Waals surface area contributed by atoms with Crippen LogP contribution in [0.2, 0.25) is 0 Å². The van der Waals surface area contributed by atoms with E-state index >= 15 is 0 Å². The molecule has 0 radical (unpaired) electrons. The molecule has 27 heavy (non-hydrogen) atoms. The predicted molar refractivity (Wildman–Crippen MR) is 98.2 cm³/mol. The molecule has 3 rings (SSSR count). The van der Waals surface area contributed by atoms with Crippen molar-refractivity contribution in [2.24, 2.45) is 0 Å². The lowest BCUT2D eigenvalue weighted by Crippen LogP contribution is -2.26. The minimum absolute atomic E-state index is 0.0546. The highest BCUT2D eigenvalue weighted by Crippen LogP contribution is 2.19. The maximum Gasteiger partial charge on any atom is 0.344 e. The SMILES string of the molecule is COc1ccc(CCNC(=O)c2cc3ccc([N+](=O)[O-])cc3c(=O)o2)cc1. The average Bonchev–Trinajstić information content (AvgIpc) is 2.68. The van der Waals surface area contributed by atoms with E-state index in [2.05, 4.69) is 5.32 Å². The number of non-ortho nitro benzene ring substituents is 1. The molecule has 0 saturated carbocycles. The fourth-order valence-electron chi connectivity index (χ4n) is 2.60. The van der Waals surface area contributed by atoms with Crippen molar-refractivity contribution in [1.82, 2.24) is 5.32 Å². The zero-order valence-corrected chi connectivity index (χ0v) is 14.4. The molecule has 138 valence electrons. The van der Waals surface area contributed by atoms with Gasteiger partial charge >= 0.3 is 5.63 Å². The molecule has 0 fully saturated rings. The van der Waals surface area contributed by atoms with Gasteiger partial charge in [0.15, 0.2) is 5.76 Å². The number of nitrogens with one attached hydrogen (secondary N) is 1. The van der Waals surface area contributed by atoms with Gasteiger partial charge in [-0.05, 0) is 41.6 Å². The van der Waals surface area contributed by atoms with Gasteiger partial charge in [-0.15, -0.1) is 0 Å². The van der Waals surface area contributed by atoms with Crippen LogP contribution < -0.4 is 15.7 Å². The summed E-state index contributed by atoms with van der Waals surface area (Å²) in [7, 11) is 1.59. The summed E-state index contributed by atoms with van der Waals surface area (Å²) in [5.74, 6) is 0.0814. The smallest absolute Gasteiger partial charge is 0.344 e. The normalized spacial score (nSPS) is 10.6. The summed E-state index contributed by atoms with van der Waals surface area (Å²) < 4.78 is 10.1. The summed E-state index contributed by atoms with van der Waals surface area (Å²) >= 11 is 0. The Morgan fingerprint density at radius 1 is 1.19 bits per heavy atom. The van der Waals surface area contributed by atoms with E-state index in [1.807, 2.05) is 24.3 Å². The van der Waals surface area contributed by atoms with E-state index in [9.17, 15) is 19.7 Å². The van der Waals surface area contributed by atoms with Crippen LogP contribution in [-0.2, 0) is 6.42 Å². The summed E-state index contributed by atoms with van der Waals surface area (Å²) in [5, 5.41) is 13.9. The molecule has 1 heterocycles. The number of nitro groups is 1. The number of hydrogen-bond donors (Lipinski definition) is 1. The van der Waals surface area contributed by atoms with Crippen molar-refractivity contribution in [3.8, 4) is 5.75 Å². The molecule has 0 bridgehead atoms. The minimum Gasteiger partial charge on any atom is -0.497 e. The van der Waals surface area contributed by atoms with Crippen LogP contribution in [0.3, 0.4) is 0 Å². The molecule has 3 aromatic rings. The second-order valence-electron chi connectivity index (χ2n) is 5.78. The summed E-state index contributed by atoms with van der Waals surface area (Å²) in [6, 6.07) is 12.7. The van der Waals surface area contributed by atoms with Gasteiger partial charge in [-0.2, -0.15) is 0 Å². The molecule has 8 nitrogen and oxygen atoms in total. The van der Waals surface area contributed by atoms with Crippen LogP contribution in [0.5, 0.6) is 5.75 Å². The van der Waals surface area contributed by atoms with Crippen LogP contribution in [0.25, 0.3) is 10.8 Å². The van der Waals surface area contributed by atoms with Crippen LogP contribution in [0.1, 0.15) is 16.1 Å². The highest BCUT2D eigenvalue weighted by Gasteiger charge is 2.14. The number of hydrogen-bond acceptors (Lipinski definition) is 6. The molecule has 0 spiro atoms. The molecule has 0 aliphatic carbocycles. The van der Waals surface area contributed by atoms with Crippen molar-refractivity contribution < 1.29 is 18.9 Å². The van der Waals surface area contributed by atoms with Gasteiger partial charge < -0.3 is 14.5 Å². The van der Waals surface area contributed by atoms with Crippen LogP contribution >= 0.6 is 0 Å². The van der Waals surface area contributed by atoms with Crippen molar-refractivity contribution in [2.75, 3.05) is 13.7 Å². The molecule has 8 heteroatoms. The maximum absolute atomic E-state index is 12.2. The van der Waals surface area contributed by atoms with Gasteiger partial charge in [-0.3, -0.25) is 14.9 Å². The van der Waals surface area contributed by atoms with Crippen molar-refractivity contribution in [2.45, 2.75) is 6.42 Å². The maximum atomic E-state index is 12.2. The van der Waals surface area contributed by atoms with E-state index in [1.54, 1.807) is 7.11 Å². The summed E-state index contributed by atoms with van der Waals surface area (Å²) in [5.41, 5.74) is 0.00590. The van der Waals surface area contributed by atoms with Crippen LogP contribution in [0.4, 0.5) is 5.69 Å². The van der Waals surface area contributed by atoms with Gasteiger partial charge in [0.2, 0.25) is 0 Å². The Hall–Kier alpha value is -3.68. The monoisotopic (exact) mass is 368 g/mol. The summed E-state index contributed by atoms with van der Waals surface area (Å²) in [4.78, 5) is 34.5. The topological polar surface area (TPSA) is 112 Å². The summed E-state index contributed by atoms with van der Waals surface area (Å²) in [6.07, 6.45) is 0.597. The number of benzene rings is 2. The molecule has 1 aromatic heterocycles. The standard InChI is InChI=1S/C19H16N2O6/c1-26-15-6-2-12(3-7-15)8-9-20-18(22)17-10-13-4-5-14(21(24)25)11-16(13)19(23)27-17/h2-7,10-11H,8-9H2,1H3,(H,20,22). The van der Waals surface area contributed by atoms with Gasteiger partial charge in [0.25, 0.3) is 11.6 Å². The van der Waals surface area contributed by atoms with Crippen molar-refractivity contribution >= 4 is 22.4 Å².